The van der Waals surface area contributed by atoms with Gasteiger partial charge in [0, 0.05) is 6.42 Å². The molecule has 0 unspecified atom stereocenters. The standard InChI is InChI=1S/C18H34O2.C6H12O5/c1-2-3-4-5-6-7-8-9-10-11-12-13-14-15-16-17-18(19)20;7-1-3(8)6-5(10)4(9)2-11-6/h9-10H,2-8,11-17H2,1H3,(H,19,20);3-10H,1-2H2/b10-9-;/t;3-,4+,5-,6-/m.1/s1. The third-order valence-corrected chi connectivity index (χ3v) is 5.41. The van der Waals surface area contributed by atoms with Crippen LogP contribution in [-0.4, -0.2) is 69.1 Å². The maximum Gasteiger partial charge on any atom is 0.303 e. The molecular weight excluding hydrogens is 400 g/mol. The maximum absolute atomic E-state index is 10.3. The minimum atomic E-state index is -1.12. The van der Waals surface area contributed by atoms with Gasteiger partial charge in [-0.1, -0.05) is 70.4 Å². The first-order valence-electron chi connectivity index (χ1n) is 12.1. The molecule has 0 aromatic rings. The highest BCUT2D eigenvalue weighted by Crippen LogP contribution is 2.17. The molecule has 7 heteroatoms. The smallest absolute Gasteiger partial charge is 0.303 e. The van der Waals surface area contributed by atoms with Gasteiger partial charge >= 0.3 is 5.97 Å². The summed E-state index contributed by atoms with van der Waals surface area (Å²) in [5.74, 6) is -0.664. The Balaban J connectivity index is 0.000000683. The Kier molecular flexibility index (Phi) is 20.2. The van der Waals surface area contributed by atoms with Gasteiger partial charge in [0.1, 0.15) is 24.4 Å². The zero-order valence-electron chi connectivity index (χ0n) is 19.3. The summed E-state index contributed by atoms with van der Waals surface area (Å²) in [5, 5.41) is 44.0. The molecule has 184 valence electrons. The Bertz CT molecular complexity index is 442. The molecule has 1 saturated heterocycles. The van der Waals surface area contributed by atoms with Gasteiger partial charge in [0.2, 0.25) is 0 Å². The monoisotopic (exact) mass is 446 g/mol. The number of aliphatic carboxylic acids is 1. The van der Waals surface area contributed by atoms with Crippen LogP contribution in [0.4, 0.5) is 0 Å². The number of aliphatic hydroxyl groups is 4. The number of unbranched alkanes of at least 4 members (excludes halogenated alkanes) is 11. The lowest BCUT2D eigenvalue weighted by Gasteiger charge is -2.18. The van der Waals surface area contributed by atoms with Crippen LogP contribution < -0.4 is 0 Å². The molecule has 0 spiro atoms. The van der Waals surface area contributed by atoms with Crippen LogP contribution >= 0.6 is 0 Å². The van der Waals surface area contributed by atoms with E-state index in [2.05, 4.69) is 19.1 Å². The average Bonchev–Trinajstić information content (AvgIpc) is 3.09. The molecule has 4 atom stereocenters. The molecule has 0 amide bonds. The lowest BCUT2D eigenvalue weighted by atomic mass is 10.1. The first kappa shape index (κ1) is 30.0. The average molecular weight is 447 g/mol. The number of hydrogen-bond acceptors (Lipinski definition) is 6. The lowest BCUT2D eigenvalue weighted by molar-refractivity contribution is -0.137. The fourth-order valence-corrected chi connectivity index (χ4v) is 3.42. The summed E-state index contributed by atoms with van der Waals surface area (Å²) in [6.45, 7) is 1.78. The minimum absolute atomic E-state index is 0.00287. The Morgan fingerprint density at radius 1 is 0.935 bits per heavy atom. The van der Waals surface area contributed by atoms with Crippen molar-refractivity contribution in [3.8, 4) is 0 Å². The molecule has 31 heavy (non-hydrogen) atoms. The predicted octanol–water partition coefficient (Wildman–Crippen LogP) is 3.57. The molecule has 1 fully saturated rings. The summed E-state index contributed by atoms with van der Waals surface area (Å²) in [6.07, 6.45) is 17.2. The van der Waals surface area contributed by atoms with Crippen molar-refractivity contribution in [1.82, 2.24) is 0 Å². The second-order valence-electron chi connectivity index (χ2n) is 8.33. The van der Waals surface area contributed by atoms with Crippen molar-refractivity contribution in [3.05, 3.63) is 12.2 Å². The van der Waals surface area contributed by atoms with Gasteiger partial charge in [0.05, 0.1) is 13.2 Å². The summed E-state index contributed by atoms with van der Waals surface area (Å²) in [5.41, 5.74) is 0. The van der Waals surface area contributed by atoms with Gasteiger partial charge in [-0.25, -0.2) is 0 Å². The Morgan fingerprint density at radius 2 is 1.45 bits per heavy atom. The molecular formula is C24H46O7. The number of carbonyl (C=O) groups is 1. The first-order chi connectivity index (χ1) is 14.9. The van der Waals surface area contributed by atoms with Crippen LogP contribution in [-0.2, 0) is 9.53 Å². The second-order valence-corrected chi connectivity index (χ2v) is 8.33. The number of carboxylic acid groups (broad SMARTS) is 1. The van der Waals surface area contributed by atoms with Gasteiger partial charge in [0.15, 0.2) is 0 Å². The van der Waals surface area contributed by atoms with E-state index >= 15 is 0 Å². The molecule has 1 rings (SSSR count). The van der Waals surface area contributed by atoms with E-state index in [0.717, 1.165) is 12.8 Å². The molecule has 1 aliphatic heterocycles. The van der Waals surface area contributed by atoms with E-state index in [0.29, 0.717) is 6.42 Å². The lowest BCUT2D eigenvalue weighted by Crippen LogP contribution is -2.40. The maximum atomic E-state index is 10.3. The third kappa shape index (κ3) is 17.3. The molecule has 0 bridgehead atoms. The van der Waals surface area contributed by atoms with Crippen LogP contribution in [0.3, 0.4) is 0 Å². The predicted molar refractivity (Wildman–Crippen MR) is 122 cm³/mol. The summed E-state index contributed by atoms with van der Waals surface area (Å²) in [6, 6.07) is 0. The SMILES string of the molecule is CCCCCCCC/C=C\CCCCCCCC(=O)O.OC[C@@H](O)[C@H]1OC[C@H](O)[C@H]1O. The van der Waals surface area contributed by atoms with E-state index in [4.69, 9.17) is 30.3 Å². The summed E-state index contributed by atoms with van der Waals surface area (Å²) >= 11 is 0. The molecule has 0 aromatic heterocycles. The van der Waals surface area contributed by atoms with E-state index < -0.39 is 37.0 Å². The number of allylic oxidation sites excluding steroid dienone is 2. The van der Waals surface area contributed by atoms with Crippen molar-refractivity contribution >= 4 is 5.97 Å². The molecule has 0 aliphatic carbocycles. The fourth-order valence-electron chi connectivity index (χ4n) is 3.42. The molecule has 7 nitrogen and oxygen atoms in total. The van der Waals surface area contributed by atoms with Gasteiger partial charge in [-0.3, -0.25) is 4.79 Å². The molecule has 0 aromatic carbocycles. The van der Waals surface area contributed by atoms with E-state index in [-0.39, 0.29) is 6.61 Å². The molecule has 0 saturated carbocycles. The number of rotatable bonds is 17. The number of hydrogen-bond donors (Lipinski definition) is 5. The van der Waals surface area contributed by atoms with Crippen molar-refractivity contribution in [2.75, 3.05) is 13.2 Å². The molecule has 5 N–H and O–H groups in total. The molecule has 1 aliphatic rings. The van der Waals surface area contributed by atoms with Crippen LogP contribution in [0.15, 0.2) is 12.2 Å². The minimum Gasteiger partial charge on any atom is -0.481 e. The Morgan fingerprint density at radius 3 is 1.90 bits per heavy atom. The zero-order chi connectivity index (χ0) is 23.3. The van der Waals surface area contributed by atoms with Gasteiger partial charge < -0.3 is 30.3 Å². The number of ether oxygens (including phenoxy) is 1. The third-order valence-electron chi connectivity index (χ3n) is 5.41. The van der Waals surface area contributed by atoms with Crippen molar-refractivity contribution < 1.29 is 35.1 Å². The van der Waals surface area contributed by atoms with Crippen LogP contribution in [0.1, 0.15) is 96.8 Å². The number of carboxylic acids is 1. The first-order valence-corrected chi connectivity index (χ1v) is 12.1. The van der Waals surface area contributed by atoms with E-state index in [1.54, 1.807) is 0 Å². The van der Waals surface area contributed by atoms with Crippen LogP contribution in [0.25, 0.3) is 0 Å². The van der Waals surface area contributed by atoms with Gasteiger partial charge in [-0.05, 0) is 32.1 Å². The topological polar surface area (TPSA) is 127 Å². The highest BCUT2D eigenvalue weighted by molar-refractivity contribution is 5.66. The highest BCUT2D eigenvalue weighted by Gasteiger charge is 2.38. The van der Waals surface area contributed by atoms with Crippen molar-refractivity contribution in [2.24, 2.45) is 0 Å². The molecule has 1 heterocycles. The van der Waals surface area contributed by atoms with Crippen LogP contribution in [0, 0.1) is 0 Å². The summed E-state index contributed by atoms with van der Waals surface area (Å²) in [7, 11) is 0. The zero-order valence-corrected chi connectivity index (χ0v) is 19.3. The normalized spacial score (nSPS) is 21.8. The van der Waals surface area contributed by atoms with Gasteiger partial charge in [0.25, 0.3) is 0 Å². The Hall–Kier alpha value is -0.990. The van der Waals surface area contributed by atoms with Crippen LogP contribution in [0.2, 0.25) is 0 Å². The fraction of sp³-hybridized carbons (Fsp3) is 0.875. The second kappa shape index (κ2) is 20.9. The summed E-state index contributed by atoms with van der Waals surface area (Å²) < 4.78 is 4.82. The number of aliphatic hydroxyl groups excluding tert-OH is 4. The van der Waals surface area contributed by atoms with Gasteiger partial charge in [-0.15, -0.1) is 0 Å². The largest absolute Gasteiger partial charge is 0.481 e. The Labute approximate surface area is 188 Å². The van der Waals surface area contributed by atoms with Gasteiger partial charge in [-0.2, -0.15) is 0 Å². The van der Waals surface area contributed by atoms with E-state index in [1.807, 2.05) is 0 Å². The van der Waals surface area contributed by atoms with Crippen molar-refractivity contribution in [2.45, 2.75) is 121 Å². The quantitative estimate of drug-likeness (QED) is 0.171. The van der Waals surface area contributed by atoms with E-state index in [1.165, 1.54) is 70.6 Å². The molecule has 0 radical (unpaired) electrons. The highest BCUT2D eigenvalue weighted by atomic mass is 16.5. The van der Waals surface area contributed by atoms with Crippen LogP contribution in [0.5, 0.6) is 0 Å². The van der Waals surface area contributed by atoms with E-state index in [9.17, 15) is 4.79 Å². The van der Waals surface area contributed by atoms with Crippen molar-refractivity contribution in [3.63, 3.8) is 0 Å². The van der Waals surface area contributed by atoms with Crippen molar-refractivity contribution in [1.29, 1.82) is 0 Å². The summed E-state index contributed by atoms with van der Waals surface area (Å²) in [4.78, 5) is 10.3.